The summed E-state index contributed by atoms with van der Waals surface area (Å²) in [7, 11) is 4.62. The number of nitrogens with one attached hydrogen (secondary N) is 1. The van der Waals surface area contributed by atoms with Crippen LogP contribution < -0.4 is 26.0 Å². The van der Waals surface area contributed by atoms with Crippen LogP contribution in [0, 0.1) is 0 Å². The second-order valence-corrected chi connectivity index (χ2v) is 5.79. The fourth-order valence-electron chi connectivity index (χ4n) is 2.68. The molecule has 0 atom stereocenters. The number of benzene rings is 2. The molecule has 1 aromatic heterocycles. The zero-order valence-electron chi connectivity index (χ0n) is 15.1. The Morgan fingerprint density at radius 1 is 1.00 bits per heavy atom. The molecule has 0 amide bonds. The Hall–Kier alpha value is -3.68. The van der Waals surface area contributed by atoms with Gasteiger partial charge in [0.05, 0.1) is 14.2 Å². The van der Waals surface area contributed by atoms with Crippen LogP contribution in [0.4, 0.5) is 11.5 Å². The first-order valence-corrected chi connectivity index (χ1v) is 8.06. The van der Waals surface area contributed by atoms with Crippen LogP contribution in [0.2, 0.25) is 0 Å². The molecule has 2 aromatic carbocycles. The lowest BCUT2D eigenvalue weighted by molar-refractivity contribution is 0.156. The van der Waals surface area contributed by atoms with Crippen LogP contribution in [0.5, 0.6) is 11.5 Å². The van der Waals surface area contributed by atoms with Gasteiger partial charge in [0.25, 0.3) is 5.56 Å². The van der Waals surface area contributed by atoms with Crippen LogP contribution in [0.1, 0.15) is 0 Å². The van der Waals surface area contributed by atoms with Crippen molar-refractivity contribution in [3.63, 3.8) is 0 Å². The van der Waals surface area contributed by atoms with E-state index in [2.05, 4.69) is 5.32 Å². The van der Waals surface area contributed by atoms with Crippen molar-refractivity contribution in [1.82, 2.24) is 9.30 Å². The van der Waals surface area contributed by atoms with E-state index in [9.17, 15) is 14.8 Å². The highest BCUT2D eigenvalue weighted by molar-refractivity contribution is 5.75. The first-order chi connectivity index (χ1) is 12.9. The van der Waals surface area contributed by atoms with Crippen molar-refractivity contribution in [3.05, 3.63) is 69.4 Å². The molecule has 0 saturated carbocycles. The number of rotatable bonds is 5. The minimum absolute atomic E-state index is 0.0593. The van der Waals surface area contributed by atoms with Gasteiger partial charge in [0.2, 0.25) is 0 Å². The average molecular weight is 369 g/mol. The van der Waals surface area contributed by atoms with E-state index < -0.39 is 11.2 Å². The average Bonchev–Trinajstić information content (AvgIpc) is 2.70. The third-order valence-corrected chi connectivity index (χ3v) is 4.15. The zero-order chi connectivity index (χ0) is 19.6. The van der Waals surface area contributed by atoms with Crippen LogP contribution >= 0.6 is 0 Å². The van der Waals surface area contributed by atoms with Gasteiger partial charge in [-0.05, 0) is 29.8 Å². The van der Waals surface area contributed by atoms with Gasteiger partial charge in [-0.3, -0.25) is 9.36 Å². The van der Waals surface area contributed by atoms with Gasteiger partial charge in [0, 0.05) is 30.4 Å². The van der Waals surface area contributed by atoms with Crippen molar-refractivity contribution in [3.8, 4) is 22.6 Å². The first-order valence-electron chi connectivity index (χ1n) is 8.06. The second-order valence-electron chi connectivity index (χ2n) is 5.79. The van der Waals surface area contributed by atoms with Crippen LogP contribution in [0.3, 0.4) is 0 Å². The maximum atomic E-state index is 11.8. The van der Waals surface area contributed by atoms with Crippen molar-refractivity contribution in [1.29, 1.82) is 0 Å². The molecule has 2 N–H and O–H groups in total. The summed E-state index contributed by atoms with van der Waals surface area (Å²) in [6.07, 6.45) is 0. The van der Waals surface area contributed by atoms with E-state index in [4.69, 9.17) is 9.47 Å². The predicted molar refractivity (Wildman–Crippen MR) is 101 cm³/mol. The van der Waals surface area contributed by atoms with Crippen LogP contribution in [-0.4, -0.2) is 28.7 Å². The van der Waals surface area contributed by atoms with E-state index in [1.807, 2.05) is 30.3 Å². The van der Waals surface area contributed by atoms with Crippen molar-refractivity contribution < 1.29 is 14.7 Å². The largest absolute Gasteiger partial charge is 0.497 e. The Morgan fingerprint density at radius 2 is 1.78 bits per heavy atom. The number of ether oxygens (including phenoxy) is 2. The van der Waals surface area contributed by atoms with Gasteiger partial charge >= 0.3 is 5.69 Å². The summed E-state index contributed by atoms with van der Waals surface area (Å²) in [4.78, 5) is 23.5. The standard InChI is InChI=1S/C19H19N3O5/c1-21-17(11-18(23)22(25)19(21)24)20-13-6-4-5-12(9-13)15-8-7-14(26-2)10-16(15)27-3/h4-11,20,25H,1-3H3. The maximum absolute atomic E-state index is 11.8. The molecule has 0 bridgehead atoms. The topological polar surface area (TPSA) is 94.7 Å². The van der Waals surface area contributed by atoms with Crippen LogP contribution in [0.25, 0.3) is 11.1 Å². The smallest absolute Gasteiger partial charge is 0.365 e. The second kappa shape index (κ2) is 7.28. The molecule has 0 aliphatic carbocycles. The van der Waals surface area contributed by atoms with Crippen molar-refractivity contribution in [2.45, 2.75) is 0 Å². The van der Waals surface area contributed by atoms with E-state index in [0.717, 1.165) is 21.8 Å². The molecule has 8 nitrogen and oxygen atoms in total. The van der Waals surface area contributed by atoms with Gasteiger partial charge < -0.3 is 20.0 Å². The third kappa shape index (κ3) is 3.50. The van der Waals surface area contributed by atoms with Gasteiger partial charge in [-0.15, -0.1) is 0 Å². The molecule has 0 spiro atoms. The van der Waals surface area contributed by atoms with Crippen molar-refractivity contribution in [2.75, 3.05) is 19.5 Å². The Balaban J connectivity index is 2.01. The molecule has 0 radical (unpaired) electrons. The fraction of sp³-hybridized carbons (Fsp3) is 0.158. The van der Waals surface area contributed by atoms with Gasteiger partial charge in [-0.2, -0.15) is 0 Å². The predicted octanol–water partition coefficient (Wildman–Crippen LogP) is 2.21. The monoisotopic (exact) mass is 369 g/mol. The van der Waals surface area contributed by atoms with Crippen molar-refractivity contribution >= 4 is 11.5 Å². The Kier molecular flexibility index (Phi) is 4.89. The number of nitrogens with zero attached hydrogens (tertiary/aromatic N) is 2. The van der Waals surface area contributed by atoms with Gasteiger partial charge in [0.1, 0.15) is 17.3 Å². The summed E-state index contributed by atoms with van der Waals surface area (Å²) in [5.74, 6) is 1.60. The van der Waals surface area contributed by atoms with E-state index in [1.54, 1.807) is 26.4 Å². The molecular weight excluding hydrogens is 350 g/mol. The molecular formula is C19H19N3O5. The van der Waals surface area contributed by atoms with Gasteiger partial charge in [-0.25, -0.2) is 4.79 Å². The van der Waals surface area contributed by atoms with Gasteiger partial charge in [0.15, 0.2) is 0 Å². The highest BCUT2D eigenvalue weighted by Crippen LogP contribution is 2.34. The molecule has 3 rings (SSSR count). The van der Waals surface area contributed by atoms with E-state index >= 15 is 0 Å². The lowest BCUT2D eigenvalue weighted by Crippen LogP contribution is -2.37. The summed E-state index contributed by atoms with van der Waals surface area (Å²) < 4.78 is 11.9. The number of hydrogen-bond acceptors (Lipinski definition) is 6. The summed E-state index contributed by atoms with van der Waals surface area (Å²) in [6, 6.07) is 14.1. The summed E-state index contributed by atoms with van der Waals surface area (Å²) in [5.41, 5.74) is 0.753. The molecule has 140 valence electrons. The lowest BCUT2D eigenvalue weighted by atomic mass is 10.0. The number of anilines is 2. The molecule has 0 aliphatic heterocycles. The Morgan fingerprint density at radius 3 is 2.48 bits per heavy atom. The molecule has 0 fully saturated rings. The summed E-state index contributed by atoms with van der Waals surface area (Å²) in [6.45, 7) is 0. The first kappa shape index (κ1) is 18.1. The summed E-state index contributed by atoms with van der Waals surface area (Å²) in [5, 5.41) is 12.4. The quantitative estimate of drug-likeness (QED) is 0.670. The van der Waals surface area contributed by atoms with Crippen LogP contribution in [0.15, 0.2) is 58.1 Å². The third-order valence-electron chi connectivity index (χ3n) is 4.15. The lowest BCUT2D eigenvalue weighted by Gasteiger charge is -2.14. The molecule has 1 heterocycles. The highest BCUT2D eigenvalue weighted by atomic mass is 16.5. The Bertz CT molecular complexity index is 1100. The number of aromatic nitrogens is 2. The normalized spacial score (nSPS) is 10.5. The van der Waals surface area contributed by atoms with Crippen LogP contribution in [-0.2, 0) is 7.05 Å². The number of methoxy groups -OCH3 is 2. The molecule has 3 aromatic rings. The minimum atomic E-state index is -0.835. The maximum Gasteiger partial charge on any atom is 0.365 e. The molecule has 0 aliphatic rings. The van der Waals surface area contributed by atoms with E-state index in [0.29, 0.717) is 17.2 Å². The van der Waals surface area contributed by atoms with E-state index in [-0.39, 0.29) is 10.5 Å². The minimum Gasteiger partial charge on any atom is -0.497 e. The molecule has 27 heavy (non-hydrogen) atoms. The van der Waals surface area contributed by atoms with Crippen molar-refractivity contribution in [2.24, 2.45) is 7.05 Å². The molecule has 0 unspecified atom stereocenters. The zero-order valence-corrected chi connectivity index (χ0v) is 15.1. The van der Waals surface area contributed by atoms with E-state index in [1.165, 1.54) is 7.05 Å². The summed E-state index contributed by atoms with van der Waals surface area (Å²) >= 11 is 0. The highest BCUT2D eigenvalue weighted by Gasteiger charge is 2.10. The molecule has 0 saturated heterocycles. The van der Waals surface area contributed by atoms with Gasteiger partial charge in [-0.1, -0.05) is 16.9 Å². The SMILES string of the molecule is COc1ccc(-c2cccc(Nc3cc(=O)n(O)c(=O)n3C)c2)c(OC)c1. The fourth-order valence-corrected chi connectivity index (χ4v) is 2.68. The number of hydrogen-bond donors (Lipinski definition) is 2. The Labute approximate surface area is 154 Å². The molecule has 8 heteroatoms.